The van der Waals surface area contributed by atoms with Crippen LogP contribution in [0.15, 0.2) is 48.7 Å². The van der Waals surface area contributed by atoms with Gasteiger partial charge in [0.25, 0.3) is 0 Å². The highest BCUT2D eigenvalue weighted by Crippen LogP contribution is 2.29. The van der Waals surface area contributed by atoms with Gasteiger partial charge in [-0.25, -0.2) is 0 Å². The summed E-state index contributed by atoms with van der Waals surface area (Å²) in [6.07, 6.45) is 1.89. The first-order chi connectivity index (χ1) is 12.6. The molecule has 0 unspecified atom stereocenters. The predicted octanol–water partition coefficient (Wildman–Crippen LogP) is 3.44. The third-order valence-corrected chi connectivity index (χ3v) is 4.00. The molecule has 1 amide bonds. The van der Waals surface area contributed by atoms with Crippen LogP contribution in [0.5, 0.6) is 17.2 Å². The molecule has 0 aliphatic rings. The van der Waals surface area contributed by atoms with Gasteiger partial charge in [-0.15, -0.1) is 0 Å². The number of rotatable bonds is 6. The Morgan fingerprint density at radius 2 is 1.81 bits per heavy atom. The Morgan fingerprint density at radius 3 is 2.54 bits per heavy atom. The van der Waals surface area contributed by atoms with Crippen molar-refractivity contribution in [1.82, 2.24) is 4.98 Å². The molecule has 0 spiro atoms. The number of carbonyl (C=O) groups is 1. The minimum Gasteiger partial charge on any atom is -0.497 e. The molecule has 0 saturated carbocycles. The summed E-state index contributed by atoms with van der Waals surface area (Å²) < 4.78 is 15.8. The predicted molar refractivity (Wildman–Crippen MR) is 100 cm³/mol. The van der Waals surface area contributed by atoms with E-state index >= 15 is 0 Å². The van der Waals surface area contributed by atoms with E-state index in [9.17, 15) is 4.79 Å². The fourth-order valence-electron chi connectivity index (χ4n) is 2.75. The monoisotopic (exact) mass is 352 g/mol. The quantitative estimate of drug-likeness (QED) is 0.736. The number of methoxy groups -OCH3 is 3. The first-order valence-electron chi connectivity index (χ1n) is 8.08. The molecule has 6 nitrogen and oxygen atoms in total. The van der Waals surface area contributed by atoms with Gasteiger partial charge in [0, 0.05) is 17.6 Å². The molecule has 0 bridgehead atoms. The number of pyridine rings is 1. The van der Waals surface area contributed by atoms with Gasteiger partial charge in [0.1, 0.15) is 5.75 Å². The molecule has 0 radical (unpaired) electrons. The van der Waals surface area contributed by atoms with E-state index in [4.69, 9.17) is 14.2 Å². The highest BCUT2D eigenvalue weighted by atomic mass is 16.5. The number of amides is 1. The summed E-state index contributed by atoms with van der Waals surface area (Å²) in [6, 6.07) is 12.8. The van der Waals surface area contributed by atoms with Crippen LogP contribution in [0.3, 0.4) is 0 Å². The summed E-state index contributed by atoms with van der Waals surface area (Å²) in [5.74, 6) is 1.72. The van der Waals surface area contributed by atoms with E-state index in [0.717, 1.165) is 10.9 Å². The Labute approximate surface area is 151 Å². The Balaban J connectivity index is 1.83. The first-order valence-corrected chi connectivity index (χ1v) is 8.08. The van der Waals surface area contributed by atoms with Gasteiger partial charge in [-0.1, -0.05) is 12.1 Å². The van der Waals surface area contributed by atoms with Crippen LogP contribution in [0.2, 0.25) is 0 Å². The second kappa shape index (κ2) is 7.74. The summed E-state index contributed by atoms with van der Waals surface area (Å²) in [5, 5.41) is 3.82. The lowest BCUT2D eigenvalue weighted by molar-refractivity contribution is -0.115. The molecule has 26 heavy (non-hydrogen) atoms. The molecule has 3 aromatic rings. The maximum absolute atomic E-state index is 12.5. The fourth-order valence-corrected chi connectivity index (χ4v) is 2.75. The number of carbonyl (C=O) groups excluding carboxylic acids is 1. The van der Waals surface area contributed by atoms with Gasteiger partial charge in [-0.2, -0.15) is 0 Å². The molecule has 1 heterocycles. The van der Waals surface area contributed by atoms with E-state index in [1.807, 2.05) is 24.3 Å². The van der Waals surface area contributed by atoms with Crippen molar-refractivity contribution >= 4 is 22.5 Å². The Morgan fingerprint density at radius 1 is 1.00 bits per heavy atom. The van der Waals surface area contributed by atoms with Crippen LogP contribution in [0, 0.1) is 0 Å². The zero-order valence-corrected chi connectivity index (χ0v) is 14.9. The first kappa shape index (κ1) is 17.5. The lowest BCUT2D eigenvalue weighted by Crippen LogP contribution is -2.15. The van der Waals surface area contributed by atoms with Crippen molar-refractivity contribution in [2.75, 3.05) is 26.6 Å². The topological polar surface area (TPSA) is 69.7 Å². The smallest absolute Gasteiger partial charge is 0.228 e. The van der Waals surface area contributed by atoms with Gasteiger partial charge in [0.2, 0.25) is 5.91 Å². The van der Waals surface area contributed by atoms with E-state index in [1.54, 1.807) is 45.7 Å². The summed E-state index contributed by atoms with van der Waals surface area (Å²) in [5.41, 5.74) is 2.15. The van der Waals surface area contributed by atoms with Gasteiger partial charge in [0.05, 0.1) is 39.0 Å². The number of aromatic nitrogens is 1. The number of ether oxygens (including phenoxy) is 3. The maximum Gasteiger partial charge on any atom is 0.228 e. The number of fused-ring (bicyclic) bond motifs is 1. The molecule has 2 aromatic carbocycles. The molecular formula is C20H20N2O4. The molecule has 134 valence electrons. The van der Waals surface area contributed by atoms with Gasteiger partial charge < -0.3 is 19.5 Å². The van der Waals surface area contributed by atoms with Crippen LogP contribution >= 0.6 is 0 Å². The van der Waals surface area contributed by atoms with Crippen LogP contribution in [-0.4, -0.2) is 32.2 Å². The largest absolute Gasteiger partial charge is 0.497 e. The minimum atomic E-state index is -0.155. The lowest BCUT2D eigenvalue weighted by atomic mass is 10.1. The van der Waals surface area contributed by atoms with Crippen LogP contribution in [0.4, 0.5) is 5.69 Å². The van der Waals surface area contributed by atoms with Gasteiger partial charge in [0.15, 0.2) is 11.5 Å². The van der Waals surface area contributed by atoms with Gasteiger partial charge in [-0.05, 0) is 29.8 Å². The van der Waals surface area contributed by atoms with Crippen molar-refractivity contribution in [3.05, 3.63) is 54.2 Å². The van der Waals surface area contributed by atoms with Crippen molar-refractivity contribution in [3.8, 4) is 17.2 Å². The van der Waals surface area contributed by atoms with Crippen molar-refractivity contribution < 1.29 is 19.0 Å². The Bertz CT molecular complexity index is 940. The highest BCUT2D eigenvalue weighted by Gasteiger charge is 2.12. The number of nitrogens with zero attached hydrogens (tertiary/aromatic N) is 1. The van der Waals surface area contributed by atoms with Crippen LogP contribution in [-0.2, 0) is 11.2 Å². The molecule has 0 aliphatic carbocycles. The number of nitrogens with one attached hydrogen (secondary N) is 1. The third-order valence-electron chi connectivity index (χ3n) is 4.00. The molecule has 3 rings (SSSR count). The number of benzene rings is 2. The van der Waals surface area contributed by atoms with Crippen molar-refractivity contribution in [1.29, 1.82) is 0 Å². The van der Waals surface area contributed by atoms with Crippen LogP contribution in [0.25, 0.3) is 10.9 Å². The zero-order chi connectivity index (χ0) is 18.5. The second-order valence-electron chi connectivity index (χ2n) is 5.66. The molecule has 1 N–H and O–H groups in total. The fraction of sp³-hybridized carbons (Fsp3) is 0.200. The average Bonchev–Trinajstić information content (AvgIpc) is 2.67. The molecular weight excluding hydrogens is 332 g/mol. The number of hydrogen-bond acceptors (Lipinski definition) is 5. The maximum atomic E-state index is 12.5. The summed E-state index contributed by atoms with van der Waals surface area (Å²) >= 11 is 0. The molecule has 0 atom stereocenters. The van der Waals surface area contributed by atoms with Crippen molar-refractivity contribution in [2.45, 2.75) is 6.42 Å². The third kappa shape index (κ3) is 3.69. The van der Waals surface area contributed by atoms with Gasteiger partial charge >= 0.3 is 0 Å². The van der Waals surface area contributed by atoms with Crippen molar-refractivity contribution in [3.63, 3.8) is 0 Å². The van der Waals surface area contributed by atoms with Crippen molar-refractivity contribution in [2.24, 2.45) is 0 Å². The molecule has 0 saturated heterocycles. The van der Waals surface area contributed by atoms with Crippen LogP contribution in [0.1, 0.15) is 5.56 Å². The van der Waals surface area contributed by atoms with E-state index in [1.165, 1.54) is 0 Å². The lowest BCUT2D eigenvalue weighted by Gasteiger charge is -2.12. The van der Waals surface area contributed by atoms with E-state index in [2.05, 4.69) is 10.3 Å². The minimum absolute atomic E-state index is 0.155. The van der Waals surface area contributed by atoms with E-state index in [-0.39, 0.29) is 12.3 Å². The molecule has 0 aliphatic heterocycles. The van der Waals surface area contributed by atoms with Gasteiger partial charge in [-0.3, -0.25) is 9.78 Å². The Kier molecular flexibility index (Phi) is 5.22. The summed E-state index contributed by atoms with van der Waals surface area (Å²) in [4.78, 5) is 16.9. The SMILES string of the molecule is COc1cc(NC(=O)Cc2ccc(OC)c(OC)c2)c2ncccc2c1. The molecule has 6 heteroatoms. The zero-order valence-electron chi connectivity index (χ0n) is 14.9. The number of hydrogen-bond donors (Lipinski definition) is 1. The Hall–Kier alpha value is -3.28. The summed E-state index contributed by atoms with van der Waals surface area (Å²) in [7, 11) is 4.73. The number of anilines is 1. The molecule has 1 aromatic heterocycles. The standard InChI is InChI=1S/C20H20N2O4/c1-24-15-11-14-5-4-8-21-20(14)16(12-15)22-19(23)10-13-6-7-17(25-2)18(9-13)26-3/h4-9,11-12H,10H2,1-3H3,(H,22,23). The molecule has 0 fully saturated rings. The van der Waals surface area contributed by atoms with E-state index < -0.39 is 0 Å². The van der Waals surface area contributed by atoms with Crippen LogP contribution < -0.4 is 19.5 Å². The second-order valence-corrected chi connectivity index (χ2v) is 5.66. The van der Waals surface area contributed by atoms with E-state index in [0.29, 0.717) is 28.5 Å². The summed E-state index contributed by atoms with van der Waals surface area (Å²) in [6.45, 7) is 0. The average molecular weight is 352 g/mol. The highest BCUT2D eigenvalue weighted by molar-refractivity contribution is 6.01. The normalized spacial score (nSPS) is 10.4.